The van der Waals surface area contributed by atoms with Gasteiger partial charge in [-0.3, -0.25) is 9.59 Å². The van der Waals surface area contributed by atoms with Crippen LogP contribution in [0.2, 0.25) is 5.02 Å². The summed E-state index contributed by atoms with van der Waals surface area (Å²) >= 11 is 12.5. The number of carbonyl (C=O) groups excluding carboxylic acids is 2. The van der Waals surface area contributed by atoms with Gasteiger partial charge in [0, 0.05) is 23.2 Å². The van der Waals surface area contributed by atoms with Crippen LogP contribution in [-0.2, 0) is 16.0 Å². The van der Waals surface area contributed by atoms with Gasteiger partial charge < -0.3 is 10.2 Å². The molecule has 4 nitrogen and oxygen atoms in total. The third-order valence-electron chi connectivity index (χ3n) is 6.12. The number of amides is 2. The Kier molecular flexibility index (Phi) is 8.79. The van der Waals surface area contributed by atoms with E-state index in [2.05, 4.69) is 12.2 Å². The first kappa shape index (κ1) is 23.6. The molecule has 0 bridgehead atoms. The van der Waals surface area contributed by atoms with Gasteiger partial charge in [-0.15, -0.1) is 11.6 Å². The number of carbonyl (C=O) groups is 2. The van der Waals surface area contributed by atoms with Crippen LogP contribution in [0.25, 0.3) is 0 Å². The second-order valence-electron chi connectivity index (χ2n) is 8.26. The highest BCUT2D eigenvalue weighted by molar-refractivity contribution is 6.31. The van der Waals surface area contributed by atoms with E-state index in [-0.39, 0.29) is 23.7 Å². The lowest BCUT2D eigenvalue weighted by atomic mass is 9.85. The van der Waals surface area contributed by atoms with Gasteiger partial charge in [0.2, 0.25) is 11.8 Å². The second kappa shape index (κ2) is 11.5. The van der Waals surface area contributed by atoms with Crippen molar-refractivity contribution in [2.45, 2.75) is 51.1 Å². The van der Waals surface area contributed by atoms with E-state index < -0.39 is 6.04 Å². The molecule has 3 rings (SSSR count). The predicted octanol–water partition coefficient (Wildman–Crippen LogP) is 5.39. The fraction of sp³-hybridized carbons (Fsp3) is 0.440. The van der Waals surface area contributed by atoms with Gasteiger partial charge in [-0.05, 0) is 36.8 Å². The molecule has 0 radical (unpaired) electrons. The number of nitrogens with zero attached hydrogens (tertiary/aromatic N) is 1. The maximum absolute atomic E-state index is 13.6. The third-order valence-corrected chi connectivity index (χ3v) is 6.69. The van der Waals surface area contributed by atoms with E-state index >= 15 is 0 Å². The lowest BCUT2D eigenvalue weighted by Crippen LogP contribution is -2.49. The predicted molar refractivity (Wildman–Crippen MR) is 126 cm³/mol. The molecule has 1 fully saturated rings. The molecule has 3 unspecified atom stereocenters. The molecule has 3 atom stereocenters. The average molecular weight is 461 g/mol. The van der Waals surface area contributed by atoms with Crippen LogP contribution in [0.3, 0.4) is 0 Å². The van der Waals surface area contributed by atoms with Crippen molar-refractivity contribution in [2.75, 3.05) is 12.4 Å². The Morgan fingerprint density at radius 2 is 1.74 bits per heavy atom. The minimum Gasteiger partial charge on any atom is -0.351 e. The summed E-state index contributed by atoms with van der Waals surface area (Å²) in [6.07, 6.45) is 4.97. The Morgan fingerprint density at radius 1 is 1.06 bits per heavy atom. The zero-order chi connectivity index (χ0) is 22.2. The fourth-order valence-corrected chi connectivity index (χ4v) is 4.70. The van der Waals surface area contributed by atoms with Gasteiger partial charge in [-0.1, -0.05) is 79.9 Å². The number of hydrogen-bond acceptors (Lipinski definition) is 2. The van der Waals surface area contributed by atoms with Gasteiger partial charge in [-0.25, -0.2) is 0 Å². The first-order chi connectivity index (χ1) is 15.0. The molecule has 2 amide bonds. The van der Waals surface area contributed by atoms with Crippen molar-refractivity contribution in [1.82, 2.24) is 10.2 Å². The molecular weight excluding hydrogens is 431 g/mol. The van der Waals surface area contributed by atoms with Crippen LogP contribution in [0.15, 0.2) is 54.6 Å². The van der Waals surface area contributed by atoms with Crippen molar-refractivity contribution in [2.24, 2.45) is 5.92 Å². The van der Waals surface area contributed by atoms with Crippen molar-refractivity contribution in [3.63, 3.8) is 0 Å². The van der Waals surface area contributed by atoms with Gasteiger partial charge >= 0.3 is 0 Å². The second-order valence-corrected chi connectivity index (χ2v) is 8.93. The molecule has 6 heteroatoms. The van der Waals surface area contributed by atoms with Crippen LogP contribution in [0, 0.1) is 5.92 Å². The van der Waals surface area contributed by atoms with Crippen molar-refractivity contribution in [1.29, 1.82) is 0 Å². The summed E-state index contributed by atoms with van der Waals surface area (Å²) in [5.41, 5.74) is 1.71. The Labute approximate surface area is 194 Å². The first-order valence-electron chi connectivity index (χ1n) is 11.0. The van der Waals surface area contributed by atoms with E-state index in [4.69, 9.17) is 23.2 Å². The number of benzene rings is 2. The minimum absolute atomic E-state index is 0.105. The molecule has 2 aromatic rings. The summed E-state index contributed by atoms with van der Waals surface area (Å²) in [4.78, 5) is 28.0. The highest BCUT2D eigenvalue weighted by atomic mass is 35.5. The lowest BCUT2D eigenvalue weighted by molar-refractivity contribution is -0.139. The summed E-state index contributed by atoms with van der Waals surface area (Å²) in [6, 6.07) is 16.4. The number of alkyl halides is 1. The number of rotatable bonds is 8. The summed E-state index contributed by atoms with van der Waals surface area (Å²) in [5.74, 6) is -0.262. The number of nitrogens with one attached hydrogen (secondary N) is 1. The highest BCUT2D eigenvalue weighted by Crippen LogP contribution is 2.30. The van der Waals surface area contributed by atoms with E-state index in [1.54, 1.807) is 11.0 Å². The fourth-order valence-electron chi connectivity index (χ4n) is 4.31. The van der Waals surface area contributed by atoms with E-state index in [9.17, 15) is 9.59 Å². The molecule has 2 aromatic carbocycles. The van der Waals surface area contributed by atoms with Gasteiger partial charge in [0.1, 0.15) is 11.9 Å². The quantitative estimate of drug-likeness (QED) is 0.537. The van der Waals surface area contributed by atoms with Gasteiger partial charge in [-0.2, -0.15) is 0 Å². The van der Waals surface area contributed by atoms with E-state index in [1.165, 1.54) is 6.42 Å². The van der Waals surface area contributed by atoms with Crippen LogP contribution in [0.1, 0.15) is 49.8 Å². The van der Waals surface area contributed by atoms with Crippen LogP contribution in [0.4, 0.5) is 0 Å². The van der Waals surface area contributed by atoms with Gasteiger partial charge in [0.25, 0.3) is 0 Å². The van der Waals surface area contributed by atoms with Crippen molar-refractivity contribution < 1.29 is 9.59 Å². The van der Waals surface area contributed by atoms with E-state index in [0.717, 1.165) is 24.8 Å². The van der Waals surface area contributed by atoms with Crippen LogP contribution in [0.5, 0.6) is 0 Å². The maximum Gasteiger partial charge on any atom is 0.247 e. The Morgan fingerprint density at radius 3 is 2.42 bits per heavy atom. The van der Waals surface area contributed by atoms with Crippen molar-refractivity contribution in [3.05, 3.63) is 70.7 Å². The average Bonchev–Trinajstić information content (AvgIpc) is 2.79. The Balaban J connectivity index is 1.90. The third kappa shape index (κ3) is 6.24. The SMILES string of the molecule is CC1CCCCC1NC(=O)C(c1ccccc1Cl)N(CCc1ccccc1)C(=O)CCl. The summed E-state index contributed by atoms with van der Waals surface area (Å²) in [5, 5.41) is 3.68. The first-order valence-corrected chi connectivity index (χ1v) is 11.9. The van der Waals surface area contributed by atoms with Crippen LogP contribution in [-0.4, -0.2) is 35.2 Å². The summed E-state index contributed by atoms with van der Waals surface area (Å²) < 4.78 is 0. The number of halogens is 2. The molecule has 1 N–H and O–H groups in total. The van der Waals surface area contributed by atoms with E-state index in [0.29, 0.717) is 29.5 Å². The molecule has 0 heterocycles. The molecular formula is C25H30Cl2N2O2. The van der Waals surface area contributed by atoms with E-state index in [1.807, 2.05) is 48.5 Å². The smallest absolute Gasteiger partial charge is 0.247 e. The molecule has 166 valence electrons. The lowest BCUT2D eigenvalue weighted by Gasteiger charge is -2.35. The highest BCUT2D eigenvalue weighted by Gasteiger charge is 2.34. The van der Waals surface area contributed by atoms with Gasteiger partial charge in [0.15, 0.2) is 0 Å². The molecule has 0 spiro atoms. The zero-order valence-corrected chi connectivity index (χ0v) is 19.4. The molecule has 0 saturated heterocycles. The minimum atomic E-state index is -0.821. The summed E-state index contributed by atoms with van der Waals surface area (Å²) in [7, 11) is 0. The van der Waals surface area contributed by atoms with Crippen molar-refractivity contribution in [3.8, 4) is 0 Å². The molecule has 1 aliphatic rings. The topological polar surface area (TPSA) is 49.4 Å². The Bertz CT molecular complexity index is 875. The van der Waals surface area contributed by atoms with Crippen LogP contribution < -0.4 is 5.32 Å². The normalized spacial score (nSPS) is 19.5. The molecule has 1 saturated carbocycles. The molecule has 1 aliphatic carbocycles. The molecule has 0 aliphatic heterocycles. The van der Waals surface area contributed by atoms with Gasteiger partial charge in [0.05, 0.1) is 0 Å². The zero-order valence-electron chi connectivity index (χ0n) is 17.9. The van der Waals surface area contributed by atoms with Crippen molar-refractivity contribution >= 4 is 35.0 Å². The summed E-state index contributed by atoms with van der Waals surface area (Å²) in [6.45, 7) is 2.55. The largest absolute Gasteiger partial charge is 0.351 e. The van der Waals surface area contributed by atoms with Crippen LogP contribution >= 0.6 is 23.2 Å². The number of hydrogen-bond donors (Lipinski definition) is 1. The Hall–Kier alpha value is -2.04. The monoisotopic (exact) mass is 460 g/mol. The molecule has 0 aromatic heterocycles. The standard InChI is InChI=1S/C25H30Cl2N2O2/c1-18-9-5-8-14-22(18)28-25(31)24(20-12-6-7-13-21(20)27)29(23(30)17-26)16-15-19-10-3-2-4-11-19/h2-4,6-7,10-13,18,22,24H,5,8-9,14-17H2,1H3,(H,28,31). The maximum atomic E-state index is 13.6. The molecule has 31 heavy (non-hydrogen) atoms.